The second-order valence-corrected chi connectivity index (χ2v) is 14.2. The quantitative estimate of drug-likeness (QED) is 0.160. The highest BCUT2D eigenvalue weighted by molar-refractivity contribution is 7.92. The van der Waals surface area contributed by atoms with Gasteiger partial charge in [-0.25, -0.2) is 8.42 Å². The van der Waals surface area contributed by atoms with Crippen LogP contribution in [-0.2, 0) is 32.6 Å². The van der Waals surface area contributed by atoms with Crippen LogP contribution in [0.25, 0.3) is 0 Å². The number of nitrogens with one attached hydrogen (secondary N) is 1. The molecule has 0 saturated carbocycles. The van der Waals surface area contributed by atoms with Crippen molar-refractivity contribution in [3.05, 3.63) is 129 Å². The molecular formula is C36H39Cl2N3O4S. The molecule has 0 aliphatic carbocycles. The molecule has 2 atom stereocenters. The molecule has 0 radical (unpaired) electrons. The zero-order chi connectivity index (χ0) is 33.4. The maximum atomic E-state index is 14.6. The van der Waals surface area contributed by atoms with Gasteiger partial charge < -0.3 is 10.2 Å². The Labute approximate surface area is 282 Å². The summed E-state index contributed by atoms with van der Waals surface area (Å²) in [4.78, 5) is 30.0. The molecule has 7 nitrogen and oxygen atoms in total. The summed E-state index contributed by atoms with van der Waals surface area (Å²) in [5.74, 6) is -0.893. The smallest absolute Gasteiger partial charge is 0.264 e. The molecule has 0 fully saturated rings. The molecule has 242 valence electrons. The fourth-order valence-corrected chi connectivity index (χ4v) is 6.88. The van der Waals surface area contributed by atoms with E-state index in [1.807, 2.05) is 57.2 Å². The highest BCUT2D eigenvalue weighted by atomic mass is 35.5. The van der Waals surface area contributed by atoms with Crippen LogP contribution in [0.1, 0.15) is 42.5 Å². The minimum absolute atomic E-state index is 0.0256. The lowest BCUT2D eigenvalue weighted by atomic mass is 10.0. The van der Waals surface area contributed by atoms with Gasteiger partial charge in [-0.1, -0.05) is 96.4 Å². The molecule has 4 aromatic rings. The van der Waals surface area contributed by atoms with Crippen molar-refractivity contribution in [1.82, 2.24) is 10.2 Å². The van der Waals surface area contributed by atoms with Crippen LogP contribution >= 0.6 is 23.2 Å². The molecule has 10 heteroatoms. The van der Waals surface area contributed by atoms with Crippen LogP contribution in [0.2, 0.25) is 10.0 Å². The van der Waals surface area contributed by atoms with E-state index in [1.165, 1.54) is 23.1 Å². The standard InChI is InChI=1S/C36H39Cl2N3O4S/c1-5-27(4)39-36(43)34(21-28-10-7-6-8-11-28)40(23-29-12-9-13-30(37)20-29)35(42)24-41(33-22-31(38)17-16-26(33)3)46(44,45)32-18-14-25(2)15-19-32/h6-20,22,27,34H,5,21,23-24H2,1-4H3,(H,39,43)/t27-,34+/m1/s1. The van der Waals surface area contributed by atoms with E-state index in [4.69, 9.17) is 23.2 Å². The number of aryl methyl sites for hydroxylation is 2. The lowest BCUT2D eigenvalue weighted by Gasteiger charge is -2.34. The molecule has 0 bridgehead atoms. The first-order valence-corrected chi connectivity index (χ1v) is 17.3. The molecule has 46 heavy (non-hydrogen) atoms. The molecule has 0 spiro atoms. The number of benzene rings is 4. The van der Waals surface area contributed by atoms with E-state index in [1.54, 1.807) is 49.4 Å². The Morgan fingerprint density at radius 3 is 2.13 bits per heavy atom. The fourth-order valence-electron chi connectivity index (χ4n) is 5.03. The molecule has 1 N–H and O–H groups in total. The van der Waals surface area contributed by atoms with E-state index < -0.39 is 28.5 Å². The van der Waals surface area contributed by atoms with Crippen molar-refractivity contribution in [3.63, 3.8) is 0 Å². The Bertz CT molecular complexity index is 1770. The van der Waals surface area contributed by atoms with Crippen molar-refractivity contribution in [1.29, 1.82) is 0 Å². The summed E-state index contributed by atoms with van der Waals surface area (Å²) in [5.41, 5.74) is 3.33. The second-order valence-electron chi connectivity index (χ2n) is 11.4. The van der Waals surface area contributed by atoms with E-state index >= 15 is 0 Å². The zero-order valence-electron chi connectivity index (χ0n) is 26.4. The average Bonchev–Trinajstić information content (AvgIpc) is 3.03. The summed E-state index contributed by atoms with van der Waals surface area (Å²) >= 11 is 12.7. The summed E-state index contributed by atoms with van der Waals surface area (Å²) in [7, 11) is -4.24. The maximum absolute atomic E-state index is 14.6. The molecule has 0 aliphatic rings. The molecule has 0 aliphatic heterocycles. The van der Waals surface area contributed by atoms with Gasteiger partial charge in [-0.05, 0) is 80.3 Å². The van der Waals surface area contributed by atoms with Crippen molar-refractivity contribution >= 4 is 50.7 Å². The van der Waals surface area contributed by atoms with Crippen LogP contribution in [0, 0.1) is 13.8 Å². The Kier molecular flexibility index (Phi) is 11.9. The minimum Gasteiger partial charge on any atom is -0.352 e. The first-order chi connectivity index (χ1) is 21.9. The second kappa shape index (κ2) is 15.6. The van der Waals surface area contributed by atoms with Crippen LogP contribution in [0.3, 0.4) is 0 Å². The van der Waals surface area contributed by atoms with Gasteiger partial charge in [0.05, 0.1) is 10.6 Å². The summed E-state index contributed by atoms with van der Waals surface area (Å²) in [6.45, 7) is 6.95. The predicted molar refractivity (Wildman–Crippen MR) is 186 cm³/mol. The summed E-state index contributed by atoms with van der Waals surface area (Å²) < 4.78 is 29.6. The number of sulfonamides is 1. The Hall–Kier alpha value is -3.85. The third kappa shape index (κ3) is 8.90. The highest BCUT2D eigenvalue weighted by Crippen LogP contribution is 2.30. The summed E-state index contributed by atoms with van der Waals surface area (Å²) in [5, 5.41) is 3.84. The van der Waals surface area contributed by atoms with Gasteiger partial charge in [0, 0.05) is 29.1 Å². The minimum atomic E-state index is -4.24. The number of carbonyl (C=O) groups excluding carboxylic acids is 2. The van der Waals surface area contributed by atoms with Gasteiger partial charge in [-0.2, -0.15) is 0 Å². The summed E-state index contributed by atoms with van der Waals surface area (Å²) in [6, 6.07) is 26.8. The SMILES string of the molecule is CC[C@@H](C)NC(=O)[C@H](Cc1ccccc1)N(Cc1cccc(Cl)c1)C(=O)CN(c1cc(Cl)ccc1C)S(=O)(=O)c1ccc(C)cc1. The third-order valence-electron chi connectivity index (χ3n) is 7.84. The topological polar surface area (TPSA) is 86.8 Å². The lowest BCUT2D eigenvalue weighted by Crippen LogP contribution is -2.54. The van der Waals surface area contributed by atoms with Crippen molar-refractivity contribution in [2.45, 2.75) is 64.1 Å². The number of anilines is 1. The van der Waals surface area contributed by atoms with E-state index in [0.29, 0.717) is 27.6 Å². The zero-order valence-corrected chi connectivity index (χ0v) is 28.7. The van der Waals surface area contributed by atoms with Crippen molar-refractivity contribution in [3.8, 4) is 0 Å². The fraction of sp³-hybridized carbons (Fsp3) is 0.278. The van der Waals surface area contributed by atoms with Crippen LogP contribution in [0.5, 0.6) is 0 Å². The van der Waals surface area contributed by atoms with E-state index in [-0.39, 0.29) is 35.5 Å². The number of hydrogen-bond acceptors (Lipinski definition) is 4. The number of rotatable bonds is 13. The molecular weight excluding hydrogens is 641 g/mol. The van der Waals surface area contributed by atoms with Gasteiger partial charge in [-0.3, -0.25) is 13.9 Å². The van der Waals surface area contributed by atoms with Crippen LogP contribution in [0.4, 0.5) is 5.69 Å². The monoisotopic (exact) mass is 679 g/mol. The molecule has 4 rings (SSSR count). The van der Waals surface area contributed by atoms with Gasteiger partial charge >= 0.3 is 0 Å². The van der Waals surface area contributed by atoms with Gasteiger partial charge in [0.15, 0.2) is 0 Å². The number of hydrogen-bond donors (Lipinski definition) is 1. The van der Waals surface area contributed by atoms with Crippen molar-refractivity contribution < 1.29 is 18.0 Å². The molecule has 4 aromatic carbocycles. The third-order valence-corrected chi connectivity index (χ3v) is 10.1. The first-order valence-electron chi connectivity index (χ1n) is 15.1. The van der Waals surface area contributed by atoms with Gasteiger partial charge in [0.2, 0.25) is 11.8 Å². The lowest BCUT2D eigenvalue weighted by molar-refractivity contribution is -0.140. The molecule has 0 aromatic heterocycles. The first kappa shape index (κ1) is 35.0. The van der Waals surface area contributed by atoms with Gasteiger partial charge in [0.25, 0.3) is 10.0 Å². The molecule has 0 heterocycles. The van der Waals surface area contributed by atoms with Crippen LogP contribution in [-0.4, -0.2) is 43.8 Å². The van der Waals surface area contributed by atoms with Crippen LogP contribution in [0.15, 0.2) is 102 Å². The maximum Gasteiger partial charge on any atom is 0.264 e. The van der Waals surface area contributed by atoms with E-state index in [2.05, 4.69) is 5.32 Å². The van der Waals surface area contributed by atoms with E-state index in [9.17, 15) is 18.0 Å². The number of carbonyl (C=O) groups is 2. The number of amides is 2. The van der Waals surface area contributed by atoms with Crippen molar-refractivity contribution in [2.75, 3.05) is 10.8 Å². The van der Waals surface area contributed by atoms with Crippen molar-refractivity contribution in [2.24, 2.45) is 0 Å². The Morgan fingerprint density at radius 1 is 0.826 bits per heavy atom. The predicted octanol–water partition coefficient (Wildman–Crippen LogP) is 7.36. The number of halogens is 2. The van der Waals surface area contributed by atoms with Gasteiger partial charge in [-0.15, -0.1) is 0 Å². The Balaban J connectivity index is 1.84. The molecule has 0 saturated heterocycles. The average molecular weight is 681 g/mol. The summed E-state index contributed by atoms with van der Waals surface area (Å²) in [6.07, 6.45) is 0.916. The normalized spacial score (nSPS) is 12.7. The largest absolute Gasteiger partial charge is 0.352 e. The van der Waals surface area contributed by atoms with Gasteiger partial charge in [0.1, 0.15) is 12.6 Å². The molecule has 2 amide bonds. The Morgan fingerprint density at radius 2 is 1.48 bits per heavy atom. The highest BCUT2D eigenvalue weighted by Gasteiger charge is 2.35. The van der Waals surface area contributed by atoms with Crippen LogP contribution < -0.4 is 9.62 Å². The van der Waals surface area contributed by atoms with E-state index in [0.717, 1.165) is 15.4 Å². The molecule has 0 unspecified atom stereocenters. The number of nitrogens with zero attached hydrogens (tertiary/aromatic N) is 2.